The van der Waals surface area contributed by atoms with Gasteiger partial charge < -0.3 is 5.11 Å². The third-order valence-electron chi connectivity index (χ3n) is 2.79. The average molecular weight is 261 g/mol. The molecule has 0 aromatic heterocycles. The summed E-state index contributed by atoms with van der Waals surface area (Å²) in [6.45, 7) is 3.69. The van der Waals surface area contributed by atoms with Crippen LogP contribution in [0.2, 0.25) is 5.02 Å². The Hall–Kier alpha value is -1.80. The van der Waals surface area contributed by atoms with Gasteiger partial charge in [0.05, 0.1) is 5.56 Å². The zero-order chi connectivity index (χ0) is 13.3. The molecule has 0 radical (unpaired) electrons. The highest BCUT2D eigenvalue weighted by Crippen LogP contribution is 2.26. The highest BCUT2D eigenvalue weighted by molar-refractivity contribution is 6.30. The van der Waals surface area contributed by atoms with Crippen LogP contribution in [-0.2, 0) is 0 Å². The maximum atomic E-state index is 12.3. The minimum atomic E-state index is -0.193. The van der Waals surface area contributed by atoms with E-state index in [1.165, 1.54) is 0 Å². The lowest BCUT2D eigenvalue weighted by Gasteiger charge is -2.09. The van der Waals surface area contributed by atoms with Crippen molar-refractivity contribution in [1.29, 1.82) is 0 Å². The molecule has 2 aromatic carbocycles. The van der Waals surface area contributed by atoms with Gasteiger partial charge >= 0.3 is 0 Å². The van der Waals surface area contributed by atoms with Crippen molar-refractivity contribution in [3.8, 4) is 5.75 Å². The maximum absolute atomic E-state index is 12.3. The van der Waals surface area contributed by atoms with E-state index in [1.807, 2.05) is 19.9 Å². The van der Waals surface area contributed by atoms with Gasteiger partial charge in [-0.1, -0.05) is 17.7 Å². The molecule has 0 atom stereocenters. The molecule has 1 N–H and O–H groups in total. The maximum Gasteiger partial charge on any atom is 0.197 e. The van der Waals surface area contributed by atoms with E-state index in [0.717, 1.165) is 11.1 Å². The van der Waals surface area contributed by atoms with Crippen LogP contribution in [0.4, 0.5) is 0 Å². The fourth-order valence-electron chi connectivity index (χ4n) is 1.99. The number of halogens is 1. The Bertz CT molecular complexity index is 577. The Kier molecular flexibility index (Phi) is 3.39. The lowest BCUT2D eigenvalue weighted by Crippen LogP contribution is -2.04. The largest absolute Gasteiger partial charge is 0.507 e. The molecule has 2 nitrogen and oxygen atoms in total. The molecule has 0 bridgehead atoms. The van der Waals surface area contributed by atoms with E-state index < -0.39 is 0 Å². The first-order valence-corrected chi connectivity index (χ1v) is 5.97. The Balaban J connectivity index is 2.49. The van der Waals surface area contributed by atoms with Gasteiger partial charge in [-0.15, -0.1) is 0 Å². The van der Waals surface area contributed by atoms with Gasteiger partial charge in [0.25, 0.3) is 0 Å². The van der Waals surface area contributed by atoms with Crippen LogP contribution in [-0.4, -0.2) is 10.9 Å². The molecule has 0 aliphatic heterocycles. The second kappa shape index (κ2) is 4.83. The number of aryl methyl sites for hydroxylation is 2. The van der Waals surface area contributed by atoms with Crippen molar-refractivity contribution >= 4 is 17.4 Å². The molecule has 0 aliphatic rings. The monoisotopic (exact) mass is 260 g/mol. The Morgan fingerprint density at radius 2 is 1.72 bits per heavy atom. The summed E-state index contributed by atoms with van der Waals surface area (Å²) in [5.41, 5.74) is 2.56. The van der Waals surface area contributed by atoms with Crippen LogP contribution in [0.15, 0.2) is 36.4 Å². The molecule has 18 heavy (non-hydrogen) atoms. The fourth-order valence-corrected chi connectivity index (χ4v) is 2.11. The van der Waals surface area contributed by atoms with Gasteiger partial charge in [0.15, 0.2) is 5.78 Å². The molecule has 0 fully saturated rings. The van der Waals surface area contributed by atoms with Crippen LogP contribution >= 0.6 is 11.6 Å². The summed E-state index contributed by atoms with van der Waals surface area (Å²) in [6.07, 6.45) is 0. The van der Waals surface area contributed by atoms with Crippen molar-refractivity contribution < 1.29 is 9.90 Å². The molecule has 2 rings (SSSR count). The summed E-state index contributed by atoms with van der Waals surface area (Å²) in [7, 11) is 0. The molecule has 2 aromatic rings. The first-order chi connectivity index (χ1) is 8.49. The van der Waals surface area contributed by atoms with Gasteiger partial charge in [0, 0.05) is 10.6 Å². The van der Waals surface area contributed by atoms with E-state index in [0.29, 0.717) is 16.1 Å². The number of hydrogen-bond acceptors (Lipinski definition) is 2. The number of carbonyl (C=O) groups excluding carboxylic acids is 1. The second-order valence-corrected chi connectivity index (χ2v) is 4.75. The summed E-state index contributed by atoms with van der Waals surface area (Å²) in [4.78, 5) is 12.3. The lowest BCUT2D eigenvalue weighted by molar-refractivity contribution is 0.103. The number of phenols is 1. The van der Waals surface area contributed by atoms with Gasteiger partial charge in [0.1, 0.15) is 5.75 Å². The van der Waals surface area contributed by atoms with Crippen molar-refractivity contribution in [1.82, 2.24) is 0 Å². The van der Waals surface area contributed by atoms with Crippen LogP contribution in [0.1, 0.15) is 27.0 Å². The normalized spacial score (nSPS) is 10.4. The zero-order valence-corrected chi connectivity index (χ0v) is 11.0. The van der Waals surface area contributed by atoms with Crippen molar-refractivity contribution in [2.24, 2.45) is 0 Å². The molecular weight excluding hydrogens is 248 g/mol. The fraction of sp³-hybridized carbons (Fsp3) is 0.133. The molecular formula is C15H13ClO2. The Labute approximate surface area is 111 Å². The van der Waals surface area contributed by atoms with Crippen LogP contribution < -0.4 is 0 Å². The van der Waals surface area contributed by atoms with Crippen LogP contribution in [0.5, 0.6) is 5.75 Å². The number of phenolic OH excluding ortho intramolecular Hbond substituents is 1. The number of ketones is 1. The highest BCUT2D eigenvalue weighted by atomic mass is 35.5. The highest BCUT2D eigenvalue weighted by Gasteiger charge is 2.16. The van der Waals surface area contributed by atoms with Crippen LogP contribution in [0, 0.1) is 13.8 Å². The predicted octanol–water partition coefficient (Wildman–Crippen LogP) is 3.89. The topological polar surface area (TPSA) is 37.3 Å². The number of benzene rings is 2. The molecule has 92 valence electrons. The lowest BCUT2D eigenvalue weighted by atomic mass is 9.96. The summed E-state index contributed by atoms with van der Waals surface area (Å²) >= 11 is 5.79. The quantitative estimate of drug-likeness (QED) is 0.832. The third-order valence-corrected chi connectivity index (χ3v) is 3.04. The number of hydrogen-bond donors (Lipinski definition) is 1. The second-order valence-electron chi connectivity index (χ2n) is 4.31. The van der Waals surface area contributed by atoms with Crippen molar-refractivity contribution in [2.45, 2.75) is 13.8 Å². The van der Waals surface area contributed by atoms with E-state index in [-0.39, 0.29) is 11.5 Å². The predicted molar refractivity (Wildman–Crippen MR) is 72.5 cm³/mol. The van der Waals surface area contributed by atoms with E-state index in [1.54, 1.807) is 30.3 Å². The molecule has 0 saturated carbocycles. The van der Waals surface area contributed by atoms with Gasteiger partial charge in [0.2, 0.25) is 0 Å². The average Bonchev–Trinajstić information content (AvgIpc) is 2.28. The molecule has 0 aliphatic carbocycles. The zero-order valence-electron chi connectivity index (χ0n) is 10.2. The minimum absolute atomic E-state index is 0.0208. The first-order valence-electron chi connectivity index (χ1n) is 5.59. The molecule has 0 unspecified atom stereocenters. The SMILES string of the molecule is Cc1cc(C)c(C(=O)c2ccc(Cl)cc2)c(O)c1. The molecule has 0 saturated heterocycles. The van der Waals surface area contributed by atoms with E-state index in [2.05, 4.69) is 0 Å². The first kappa shape index (κ1) is 12.7. The van der Waals surface area contributed by atoms with E-state index in [4.69, 9.17) is 11.6 Å². The Morgan fingerprint density at radius 3 is 2.28 bits per heavy atom. The van der Waals surface area contributed by atoms with Gasteiger partial charge in [-0.05, 0) is 55.3 Å². The minimum Gasteiger partial charge on any atom is -0.507 e. The van der Waals surface area contributed by atoms with Crippen molar-refractivity contribution in [3.05, 3.63) is 63.7 Å². The van der Waals surface area contributed by atoms with E-state index in [9.17, 15) is 9.90 Å². The van der Waals surface area contributed by atoms with Crippen molar-refractivity contribution in [2.75, 3.05) is 0 Å². The van der Waals surface area contributed by atoms with Gasteiger partial charge in [-0.25, -0.2) is 0 Å². The standard InChI is InChI=1S/C15H13ClO2/c1-9-7-10(2)14(13(17)8-9)15(18)11-3-5-12(16)6-4-11/h3-8,17H,1-2H3. The molecule has 0 amide bonds. The van der Waals surface area contributed by atoms with Crippen LogP contribution in [0.25, 0.3) is 0 Å². The summed E-state index contributed by atoms with van der Waals surface area (Å²) in [5.74, 6) is -0.172. The molecule has 3 heteroatoms. The number of rotatable bonds is 2. The van der Waals surface area contributed by atoms with Gasteiger partial charge in [-0.3, -0.25) is 4.79 Å². The number of carbonyl (C=O) groups is 1. The number of aromatic hydroxyl groups is 1. The summed E-state index contributed by atoms with van der Waals surface area (Å²) < 4.78 is 0. The summed E-state index contributed by atoms with van der Waals surface area (Å²) in [5, 5.41) is 10.5. The van der Waals surface area contributed by atoms with Crippen molar-refractivity contribution in [3.63, 3.8) is 0 Å². The van der Waals surface area contributed by atoms with E-state index >= 15 is 0 Å². The third kappa shape index (κ3) is 2.39. The van der Waals surface area contributed by atoms with Crippen LogP contribution in [0.3, 0.4) is 0 Å². The van der Waals surface area contributed by atoms with Gasteiger partial charge in [-0.2, -0.15) is 0 Å². The Morgan fingerprint density at radius 1 is 1.11 bits per heavy atom. The molecule has 0 spiro atoms. The smallest absolute Gasteiger partial charge is 0.197 e. The molecule has 0 heterocycles. The summed E-state index contributed by atoms with van der Waals surface area (Å²) in [6, 6.07) is 10.1.